The minimum atomic E-state index is -0.500. The van der Waals surface area contributed by atoms with Gasteiger partial charge >= 0.3 is 0 Å². The van der Waals surface area contributed by atoms with Crippen LogP contribution >= 0.6 is 15.9 Å². The number of hydrogen-bond acceptors (Lipinski definition) is 4. The van der Waals surface area contributed by atoms with Crippen LogP contribution in [-0.2, 0) is 4.79 Å². The summed E-state index contributed by atoms with van der Waals surface area (Å²) in [5.74, 6) is -0.213. The zero-order valence-corrected chi connectivity index (χ0v) is 11.5. The fraction of sp³-hybridized carbons (Fsp3) is 0.455. The van der Waals surface area contributed by atoms with Crippen LogP contribution in [0.15, 0.2) is 21.2 Å². The smallest absolute Gasteiger partial charge is 0.290 e. The lowest BCUT2D eigenvalue weighted by molar-refractivity contribution is -0.125. The van der Waals surface area contributed by atoms with E-state index in [4.69, 9.17) is 4.42 Å². The van der Waals surface area contributed by atoms with Crippen LogP contribution in [0.3, 0.4) is 0 Å². The van der Waals surface area contributed by atoms with Crippen molar-refractivity contribution in [2.45, 2.75) is 6.04 Å². The summed E-state index contributed by atoms with van der Waals surface area (Å²) < 4.78 is 5.73. The minimum absolute atomic E-state index is 0.179. The molecule has 1 fully saturated rings. The van der Waals surface area contributed by atoms with Gasteiger partial charge in [0.15, 0.2) is 10.4 Å². The van der Waals surface area contributed by atoms with Crippen LogP contribution in [-0.4, -0.2) is 49.4 Å². The number of piperazine rings is 1. The highest BCUT2D eigenvalue weighted by Crippen LogP contribution is 2.17. The molecule has 1 aliphatic rings. The Morgan fingerprint density at radius 3 is 2.94 bits per heavy atom. The molecule has 18 heavy (non-hydrogen) atoms. The van der Waals surface area contributed by atoms with Gasteiger partial charge in [0.2, 0.25) is 5.91 Å². The summed E-state index contributed by atoms with van der Waals surface area (Å²) in [6, 6.07) is 2.75. The highest BCUT2D eigenvalue weighted by atomic mass is 79.9. The Morgan fingerprint density at radius 1 is 1.56 bits per heavy atom. The molecule has 2 rings (SSSR count). The van der Waals surface area contributed by atoms with Crippen LogP contribution in [0.4, 0.5) is 0 Å². The Kier molecular flexibility index (Phi) is 4.03. The van der Waals surface area contributed by atoms with Crippen LogP contribution in [0.5, 0.6) is 0 Å². The van der Waals surface area contributed by atoms with E-state index in [1.165, 1.54) is 4.90 Å². The molecule has 6 nitrogen and oxygen atoms in total. The van der Waals surface area contributed by atoms with Crippen molar-refractivity contribution in [1.82, 2.24) is 15.5 Å². The number of nitrogens with zero attached hydrogens (tertiary/aromatic N) is 1. The molecule has 1 saturated heterocycles. The Morgan fingerprint density at radius 2 is 2.33 bits per heavy atom. The number of likely N-dealkylation sites (N-methyl/N-ethyl adjacent to an activating group) is 1. The predicted molar refractivity (Wildman–Crippen MR) is 68.2 cm³/mol. The summed E-state index contributed by atoms with van der Waals surface area (Å²) in [4.78, 5) is 25.5. The van der Waals surface area contributed by atoms with Gasteiger partial charge in [-0.15, -0.1) is 0 Å². The average Bonchev–Trinajstić information content (AvgIpc) is 2.83. The van der Waals surface area contributed by atoms with E-state index < -0.39 is 6.04 Å². The molecule has 0 spiro atoms. The summed E-state index contributed by atoms with van der Waals surface area (Å²) in [6.07, 6.45) is 0. The molecule has 2 heterocycles. The highest BCUT2D eigenvalue weighted by molar-refractivity contribution is 9.10. The van der Waals surface area contributed by atoms with Gasteiger partial charge in [-0.3, -0.25) is 9.59 Å². The molecule has 1 atom stereocenters. The van der Waals surface area contributed by atoms with Gasteiger partial charge in [0.05, 0.1) is 0 Å². The second-order valence-electron chi connectivity index (χ2n) is 3.94. The zero-order chi connectivity index (χ0) is 13.1. The lowest BCUT2D eigenvalue weighted by Crippen LogP contribution is -2.59. The molecule has 0 aliphatic carbocycles. The van der Waals surface area contributed by atoms with E-state index >= 15 is 0 Å². The number of amides is 2. The van der Waals surface area contributed by atoms with Gasteiger partial charge in [-0.2, -0.15) is 0 Å². The van der Waals surface area contributed by atoms with Crippen molar-refractivity contribution in [2.75, 3.05) is 26.7 Å². The third-order valence-electron chi connectivity index (χ3n) is 2.84. The molecule has 0 saturated carbocycles. The van der Waals surface area contributed by atoms with Gasteiger partial charge < -0.3 is 20.0 Å². The number of carbonyl (C=O) groups is 2. The first-order valence-electron chi connectivity index (χ1n) is 5.62. The van der Waals surface area contributed by atoms with Gasteiger partial charge in [-0.1, -0.05) is 0 Å². The SMILES string of the molecule is CNC(=O)C1CNCCN1C(=O)c1ccc(Br)o1. The second-order valence-corrected chi connectivity index (χ2v) is 4.72. The largest absolute Gasteiger partial charge is 0.444 e. The molecule has 1 aromatic rings. The van der Waals surface area contributed by atoms with Gasteiger partial charge in [-0.05, 0) is 28.1 Å². The van der Waals surface area contributed by atoms with Gasteiger partial charge in [0, 0.05) is 26.7 Å². The number of rotatable bonds is 2. The van der Waals surface area contributed by atoms with E-state index in [2.05, 4.69) is 26.6 Å². The summed E-state index contributed by atoms with van der Waals surface area (Å²) in [5, 5.41) is 5.66. The molecule has 1 aliphatic heterocycles. The number of nitrogens with one attached hydrogen (secondary N) is 2. The molecule has 7 heteroatoms. The van der Waals surface area contributed by atoms with Crippen molar-refractivity contribution in [1.29, 1.82) is 0 Å². The Balaban J connectivity index is 2.18. The van der Waals surface area contributed by atoms with Crippen molar-refractivity contribution in [3.05, 3.63) is 22.6 Å². The summed E-state index contributed by atoms with van der Waals surface area (Å²) in [6.45, 7) is 1.60. The molecule has 98 valence electrons. The lowest BCUT2D eigenvalue weighted by Gasteiger charge is -2.34. The Labute approximate surface area is 113 Å². The Bertz CT molecular complexity index is 460. The third kappa shape index (κ3) is 2.56. The first-order chi connectivity index (χ1) is 8.63. The van der Waals surface area contributed by atoms with Crippen molar-refractivity contribution < 1.29 is 14.0 Å². The lowest BCUT2D eigenvalue weighted by atomic mass is 10.1. The van der Waals surface area contributed by atoms with Crippen molar-refractivity contribution in [2.24, 2.45) is 0 Å². The van der Waals surface area contributed by atoms with Crippen molar-refractivity contribution >= 4 is 27.7 Å². The van der Waals surface area contributed by atoms with Crippen LogP contribution < -0.4 is 10.6 Å². The molecule has 2 amide bonds. The molecule has 0 radical (unpaired) electrons. The summed E-state index contributed by atoms with van der Waals surface area (Å²) in [5.41, 5.74) is 0. The molecule has 1 unspecified atom stereocenters. The first-order valence-corrected chi connectivity index (χ1v) is 6.41. The summed E-state index contributed by atoms with van der Waals surface area (Å²) >= 11 is 3.15. The van der Waals surface area contributed by atoms with E-state index in [9.17, 15) is 9.59 Å². The predicted octanol–water partition coefficient (Wildman–Crippen LogP) is 0.202. The van der Waals surface area contributed by atoms with E-state index in [0.29, 0.717) is 24.3 Å². The molecular formula is C11H14BrN3O3. The van der Waals surface area contributed by atoms with Gasteiger partial charge in [-0.25, -0.2) is 0 Å². The van der Waals surface area contributed by atoms with Crippen LogP contribution in [0.1, 0.15) is 10.6 Å². The van der Waals surface area contributed by atoms with Crippen molar-refractivity contribution in [3.63, 3.8) is 0 Å². The Hall–Kier alpha value is -1.34. The van der Waals surface area contributed by atoms with Crippen LogP contribution in [0.2, 0.25) is 0 Å². The van der Waals surface area contributed by atoms with Gasteiger partial charge in [0.1, 0.15) is 6.04 Å². The van der Waals surface area contributed by atoms with Crippen LogP contribution in [0.25, 0.3) is 0 Å². The number of carbonyl (C=O) groups excluding carboxylic acids is 2. The number of hydrogen-bond donors (Lipinski definition) is 2. The zero-order valence-electron chi connectivity index (χ0n) is 9.90. The monoisotopic (exact) mass is 315 g/mol. The maximum atomic E-state index is 12.2. The normalized spacial score (nSPS) is 19.7. The maximum absolute atomic E-state index is 12.2. The fourth-order valence-corrected chi connectivity index (χ4v) is 2.23. The molecule has 0 bridgehead atoms. The minimum Gasteiger partial charge on any atom is -0.444 e. The van der Waals surface area contributed by atoms with E-state index in [1.54, 1.807) is 19.2 Å². The van der Waals surface area contributed by atoms with E-state index in [1.807, 2.05) is 0 Å². The molecular weight excluding hydrogens is 302 g/mol. The number of halogens is 1. The summed E-state index contributed by atoms with van der Waals surface area (Å²) in [7, 11) is 1.56. The quantitative estimate of drug-likeness (QED) is 0.817. The molecule has 0 aromatic carbocycles. The van der Waals surface area contributed by atoms with Gasteiger partial charge in [0.25, 0.3) is 5.91 Å². The van der Waals surface area contributed by atoms with E-state index in [-0.39, 0.29) is 17.6 Å². The van der Waals surface area contributed by atoms with E-state index in [0.717, 1.165) is 0 Å². The standard InChI is InChI=1S/C11H14BrN3O3/c1-13-10(16)7-6-14-4-5-15(7)11(17)8-2-3-9(12)18-8/h2-3,7,14H,4-6H2,1H3,(H,13,16). The fourth-order valence-electron chi connectivity index (χ4n) is 1.92. The number of furan rings is 1. The van der Waals surface area contributed by atoms with Crippen LogP contribution in [0, 0.1) is 0 Å². The van der Waals surface area contributed by atoms with Crippen molar-refractivity contribution in [3.8, 4) is 0 Å². The third-order valence-corrected chi connectivity index (χ3v) is 3.26. The molecule has 2 N–H and O–H groups in total. The highest BCUT2D eigenvalue weighted by Gasteiger charge is 2.33. The first kappa shape index (κ1) is 13.1. The topological polar surface area (TPSA) is 74.6 Å². The second kappa shape index (κ2) is 5.53. The molecule has 1 aromatic heterocycles. The average molecular weight is 316 g/mol. The maximum Gasteiger partial charge on any atom is 0.290 e.